The fraction of sp³-hybridized carbons (Fsp3) is 0.542. The third kappa shape index (κ3) is 5.48. The fourth-order valence-corrected chi connectivity index (χ4v) is 4.71. The maximum Gasteiger partial charge on any atom is 0.411 e. The number of nitrogens with zero attached hydrogens (tertiary/aromatic N) is 2. The number of carbonyl (C=O) groups excluding carboxylic acids is 2. The molecule has 0 spiro atoms. The van der Waals surface area contributed by atoms with Gasteiger partial charge in [-0.25, -0.2) is 9.59 Å². The van der Waals surface area contributed by atoms with Crippen molar-refractivity contribution in [1.29, 1.82) is 0 Å². The van der Waals surface area contributed by atoms with Crippen LogP contribution >= 0.6 is 0 Å². The van der Waals surface area contributed by atoms with Gasteiger partial charge in [-0.05, 0) is 43.4 Å². The van der Waals surface area contributed by atoms with Crippen LogP contribution in [0.25, 0.3) is 11.0 Å². The van der Waals surface area contributed by atoms with E-state index in [-0.39, 0.29) is 12.5 Å². The van der Waals surface area contributed by atoms with Gasteiger partial charge in [0.25, 0.3) is 0 Å². The maximum atomic E-state index is 12.6. The Morgan fingerprint density at radius 3 is 2.59 bits per heavy atom. The summed E-state index contributed by atoms with van der Waals surface area (Å²) in [5.74, 6) is 0.850. The van der Waals surface area contributed by atoms with Crippen LogP contribution in [0.1, 0.15) is 44.6 Å². The van der Waals surface area contributed by atoms with Gasteiger partial charge in [-0.2, -0.15) is 0 Å². The summed E-state index contributed by atoms with van der Waals surface area (Å²) in [6.45, 7) is 5.62. The number of hydrogen-bond donors (Lipinski definition) is 1. The molecule has 0 atom stereocenters. The van der Waals surface area contributed by atoms with Crippen LogP contribution in [0, 0.1) is 5.92 Å². The smallest absolute Gasteiger partial charge is 0.411 e. The number of nitrogens with one attached hydrogen (secondary N) is 1. The number of ether oxygens (including phenoxy) is 1. The average Bonchev–Trinajstić information content (AvgIpc) is 3.27. The summed E-state index contributed by atoms with van der Waals surface area (Å²) < 4.78 is 10.3. The summed E-state index contributed by atoms with van der Waals surface area (Å²) in [6, 6.07) is 6.77. The monoisotopic (exact) mass is 441 g/mol. The van der Waals surface area contributed by atoms with Crippen molar-refractivity contribution < 1.29 is 18.7 Å². The van der Waals surface area contributed by atoms with Crippen LogP contribution in [-0.2, 0) is 16.1 Å². The number of carbonyl (C=O) groups is 2. The number of fused-ring (bicyclic) bond motifs is 1. The summed E-state index contributed by atoms with van der Waals surface area (Å²) in [5.41, 5.74) is 1.38. The predicted octanol–water partition coefficient (Wildman–Crippen LogP) is 3.59. The summed E-state index contributed by atoms with van der Waals surface area (Å²) in [4.78, 5) is 40.6. The Kier molecular flexibility index (Phi) is 7.09. The van der Waals surface area contributed by atoms with Crippen LogP contribution in [0.5, 0.6) is 0 Å². The highest BCUT2D eigenvalue weighted by Crippen LogP contribution is 2.28. The molecule has 0 unspecified atom stereocenters. The molecular formula is C24H31N3O5. The van der Waals surface area contributed by atoms with Crippen LogP contribution in [0.15, 0.2) is 33.5 Å². The van der Waals surface area contributed by atoms with Gasteiger partial charge in [-0.1, -0.05) is 12.8 Å². The number of piperazine rings is 1. The molecule has 32 heavy (non-hydrogen) atoms. The van der Waals surface area contributed by atoms with Crippen molar-refractivity contribution in [3.8, 4) is 0 Å². The third-order valence-electron chi connectivity index (χ3n) is 6.41. The minimum absolute atomic E-state index is 0.276. The van der Waals surface area contributed by atoms with Crippen molar-refractivity contribution in [3.05, 3.63) is 40.2 Å². The maximum absolute atomic E-state index is 12.6. The highest BCUT2D eigenvalue weighted by Gasteiger charge is 2.25. The zero-order valence-corrected chi connectivity index (χ0v) is 18.6. The van der Waals surface area contributed by atoms with Gasteiger partial charge in [0.15, 0.2) is 0 Å². The molecule has 1 saturated carbocycles. The van der Waals surface area contributed by atoms with E-state index in [1.54, 1.807) is 19.1 Å². The zero-order valence-electron chi connectivity index (χ0n) is 18.6. The molecule has 1 aliphatic carbocycles. The Hall–Kier alpha value is -2.87. The lowest BCUT2D eigenvalue weighted by molar-refractivity contribution is -0.134. The minimum Gasteiger partial charge on any atom is -0.450 e. The molecule has 1 saturated heterocycles. The van der Waals surface area contributed by atoms with Crippen molar-refractivity contribution in [1.82, 2.24) is 9.80 Å². The van der Waals surface area contributed by atoms with Gasteiger partial charge < -0.3 is 14.1 Å². The van der Waals surface area contributed by atoms with Crippen molar-refractivity contribution in [2.24, 2.45) is 5.92 Å². The van der Waals surface area contributed by atoms with Crippen molar-refractivity contribution in [3.63, 3.8) is 0 Å². The summed E-state index contributed by atoms with van der Waals surface area (Å²) >= 11 is 0. The normalized spacial score (nSPS) is 17.6. The molecule has 8 nitrogen and oxygen atoms in total. The van der Waals surface area contributed by atoms with Gasteiger partial charge in [0.05, 0.1) is 6.61 Å². The first-order valence-corrected chi connectivity index (χ1v) is 11.5. The Labute approximate surface area is 187 Å². The molecule has 1 N–H and O–H groups in total. The van der Waals surface area contributed by atoms with E-state index in [1.165, 1.54) is 31.7 Å². The largest absolute Gasteiger partial charge is 0.450 e. The van der Waals surface area contributed by atoms with E-state index in [4.69, 9.17) is 9.15 Å². The standard InChI is InChI=1S/C24H31N3O5/c1-2-31-24(30)25-19-7-8-20-18(14-23(29)32-21(20)15-19)16-26-9-11-27(12-10-26)22(28)13-17-5-3-4-6-17/h7-8,14-15,17H,2-6,9-13,16H2,1H3,(H,25,30). The van der Waals surface area contributed by atoms with Crippen LogP contribution in [0.3, 0.4) is 0 Å². The van der Waals surface area contributed by atoms with E-state index < -0.39 is 11.7 Å². The molecule has 8 heteroatoms. The SMILES string of the molecule is CCOC(=O)Nc1ccc2c(CN3CCN(C(=O)CC4CCCC4)CC3)cc(=O)oc2c1. The first-order valence-electron chi connectivity index (χ1n) is 11.5. The second-order valence-corrected chi connectivity index (χ2v) is 8.66. The van der Waals surface area contributed by atoms with Gasteiger partial charge >= 0.3 is 11.7 Å². The molecule has 1 aromatic carbocycles. The van der Waals surface area contributed by atoms with Crippen molar-refractivity contribution in [2.75, 3.05) is 38.1 Å². The third-order valence-corrected chi connectivity index (χ3v) is 6.41. The molecule has 4 rings (SSSR count). The highest BCUT2D eigenvalue weighted by molar-refractivity contribution is 5.90. The Balaban J connectivity index is 1.39. The van der Waals surface area contributed by atoms with Crippen LogP contribution in [0.2, 0.25) is 0 Å². The predicted molar refractivity (Wildman–Crippen MR) is 122 cm³/mol. The molecule has 2 aromatic rings. The van der Waals surface area contributed by atoms with E-state index in [9.17, 15) is 14.4 Å². The molecule has 2 aliphatic rings. The fourth-order valence-electron chi connectivity index (χ4n) is 4.71. The zero-order chi connectivity index (χ0) is 22.5. The van der Waals surface area contributed by atoms with Crippen molar-refractivity contribution >= 4 is 28.7 Å². The number of hydrogen-bond acceptors (Lipinski definition) is 6. The van der Waals surface area contributed by atoms with E-state index in [1.807, 2.05) is 11.0 Å². The molecule has 0 radical (unpaired) electrons. The number of benzene rings is 1. The number of rotatable bonds is 6. The van der Waals surface area contributed by atoms with E-state index in [2.05, 4.69) is 10.2 Å². The molecule has 2 fully saturated rings. The van der Waals surface area contributed by atoms with Gasteiger partial charge in [0.2, 0.25) is 5.91 Å². The second-order valence-electron chi connectivity index (χ2n) is 8.66. The lowest BCUT2D eigenvalue weighted by Gasteiger charge is -2.35. The molecule has 2 amide bonds. The average molecular weight is 442 g/mol. The van der Waals surface area contributed by atoms with Crippen LogP contribution in [-0.4, -0.2) is 54.6 Å². The van der Waals surface area contributed by atoms with E-state index >= 15 is 0 Å². The van der Waals surface area contributed by atoms with E-state index in [0.29, 0.717) is 30.2 Å². The lowest BCUT2D eigenvalue weighted by atomic mass is 10.0. The molecular weight excluding hydrogens is 410 g/mol. The quantitative estimate of drug-likeness (QED) is 0.689. The van der Waals surface area contributed by atoms with E-state index in [0.717, 1.165) is 37.1 Å². The Morgan fingerprint density at radius 2 is 1.88 bits per heavy atom. The van der Waals surface area contributed by atoms with Crippen LogP contribution in [0.4, 0.5) is 10.5 Å². The molecule has 1 aliphatic heterocycles. The molecule has 2 heterocycles. The lowest BCUT2D eigenvalue weighted by Crippen LogP contribution is -2.48. The van der Waals surface area contributed by atoms with Gasteiger partial charge in [0, 0.05) is 62.4 Å². The van der Waals surface area contributed by atoms with Gasteiger partial charge in [-0.3, -0.25) is 15.0 Å². The molecule has 1 aromatic heterocycles. The summed E-state index contributed by atoms with van der Waals surface area (Å²) in [6.07, 6.45) is 5.02. The summed E-state index contributed by atoms with van der Waals surface area (Å²) in [5, 5.41) is 3.46. The topological polar surface area (TPSA) is 92.1 Å². The highest BCUT2D eigenvalue weighted by atomic mass is 16.5. The number of amides is 2. The number of anilines is 1. The Bertz CT molecular complexity index is 1020. The van der Waals surface area contributed by atoms with Crippen molar-refractivity contribution in [2.45, 2.75) is 45.6 Å². The van der Waals surface area contributed by atoms with Crippen LogP contribution < -0.4 is 10.9 Å². The van der Waals surface area contributed by atoms with Gasteiger partial charge in [0.1, 0.15) is 5.58 Å². The summed E-state index contributed by atoms with van der Waals surface area (Å²) in [7, 11) is 0. The second kappa shape index (κ2) is 10.2. The van der Waals surface area contributed by atoms with Gasteiger partial charge in [-0.15, -0.1) is 0 Å². The first-order chi connectivity index (χ1) is 15.5. The Morgan fingerprint density at radius 1 is 1.12 bits per heavy atom. The molecule has 172 valence electrons. The minimum atomic E-state index is -0.550. The first kappa shape index (κ1) is 22.3. The molecule has 0 bridgehead atoms.